The van der Waals surface area contributed by atoms with E-state index in [2.05, 4.69) is 38.6 Å². The van der Waals surface area contributed by atoms with Crippen molar-refractivity contribution >= 4 is 11.4 Å². The number of hydrogen-bond donors (Lipinski definition) is 0. The minimum atomic E-state index is 0.715. The van der Waals surface area contributed by atoms with Crippen LogP contribution in [-0.4, -0.2) is 24.4 Å². The number of hydrogen-bond acceptors (Lipinski definition) is 3. The second-order valence-corrected chi connectivity index (χ2v) is 6.18. The second kappa shape index (κ2) is 5.74. The first-order valence-electron chi connectivity index (χ1n) is 7.76. The number of hydroxylamine groups is 2. The zero-order valence-corrected chi connectivity index (χ0v) is 13.2. The van der Waals surface area contributed by atoms with Gasteiger partial charge >= 0.3 is 0 Å². The molecule has 0 aromatic heterocycles. The first-order valence-corrected chi connectivity index (χ1v) is 7.76. The fraction of sp³-hybridized carbons (Fsp3) is 0.500. The smallest absolute Gasteiger partial charge is 0.0667 e. The topological polar surface area (TPSA) is 24.8 Å². The molecule has 1 aromatic carbocycles. The van der Waals surface area contributed by atoms with Crippen molar-refractivity contribution < 1.29 is 4.84 Å². The van der Waals surface area contributed by atoms with Crippen molar-refractivity contribution in [2.75, 3.05) is 13.7 Å². The highest BCUT2D eigenvalue weighted by molar-refractivity contribution is 5.93. The summed E-state index contributed by atoms with van der Waals surface area (Å²) in [5.74, 6) is 1.44. The molecule has 3 rings (SSSR count). The average molecular weight is 284 g/mol. The zero-order chi connectivity index (χ0) is 15.0. The molecule has 1 fully saturated rings. The van der Waals surface area contributed by atoms with E-state index < -0.39 is 0 Å². The largest absolute Gasteiger partial charge is 0.302 e. The van der Waals surface area contributed by atoms with Crippen molar-refractivity contribution in [3.63, 3.8) is 0 Å². The van der Waals surface area contributed by atoms with Crippen LogP contribution < -0.4 is 0 Å². The predicted octanol–water partition coefficient (Wildman–Crippen LogP) is 4.23. The van der Waals surface area contributed by atoms with Gasteiger partial charge in [0, 0.05) is 24.7 Å². The van der Waals surface area contributed by atoms with Crippen LogP contribution in [0, 0.1) is 5.92 Å². The maximum absolute atomic E-state index is 5.46. The molecule has 3 heteroatoms. The van der Waals surface area contributed by atoms with Crippen molar-refractivity contribution in [1.29, 1.82) is 0 Å². The molecule has 3 nitrogen and oxygen atoms in total. The highest BCUT2D eigenvalue weighted by Gasteiger charge is 2.44. The highest BCUT2D eigenvalue weighted by atomic mass is 16.7. The van der Waals surface area contributed by atoms with Gasteiger partial charge < -0.3 is 4.84 Å². The third-order valence-corrected chi connectivity index (χ3v) is 4.64. The van der Waals surface area contributed by atoms with E-state index in [4.69, 9.17) is 9.83 Å². The van der Waals surface area contributed by atoms with Crippen molar-refractivity contribution in [3.05, 3.63) is 41.5 Å². The van der Waals surface area contributed by atoms with Crippen LogP contribution >= 0.6 is 0 Å². The van der Waals surface area contributed by atoms with Crippen LogP contribution in [0.15, 0.2) is 35.3 Å². The van der Waals surface area contributed by atoms with Crippen LogP contribution in [0.5, 0.6) is 0 Å². The Balaban J connectivity index is 1.75. The lowest BCUT2D eigenvalue weighted by Crippen LogP contribution is -2.24. The zero-order valence-electron chi connectivity index (χ0n) is 13.2. The Hall–Kier alpha value is -1.45. The summed E-state index contributed by atoms with van der Waals surface area (Å²) in [6, 6.07) is 6.69. The Kier molecular flexibility index (Phi) is 3.96. The fourth-order valence-electron chi connectivity index (χ4n) is 3.12. The molecule has 1 saturated carbocycles. The van der Waals surface area contributed by atoms with Gasteiger partial charge in [0.15, 0.2) is 0 Å². The van der Waals surface area contributed by atoms with Gasteiger partial charge in [0.2, 0.25) is 0 Å². The van der Waals surface area contributed by atoms with Gasteiger partial charge in [-0.15, -0.1) is 0 Å². The van der Waals surface area contributed by atoms with E-state index in [1.807, 2.05) is 5.06 Å². The molecule has 0 amide bonds. The maximum atomic E-state index is 5.46. The summed E-state index contributed by atoms with van der Waals surface area (Å²) in [5.41, 5.74) is 6.32. The van der Waals surface area contributed by atoms with Crippen molar-refractivity contribution in [1.82, 2.24) is 5.06 Å². The summed E-state index contributed by atoms with van der Waals surface area (Å²) in [4.78, 5) is 10.2. The van der Waals surface area contributed by atoms with Gasteiger partial charge in [-0.25, -0.2) is 0 Å². The van der Waals surface area contributed by atoms with Gasteiger partial charge in [0.25, 0.3) is 0 Å². The first-order chi connectivity index (χ1) is 10.1. The molecule has 1 heterocycles. The number of fused-ring (bicyclic) bond motifs is 3. The molecule has 21 heavy (non-hydrogen) atoms. The maximum Gasteiger partial charge on any atom is 0.0667 e. The van der Waals surface area contributed by atoms with Crippen molar-refractivity contribution in [2.45, 2.75) is 39.2 Å². The van der Waals surface area contributed by atoms with Crippen LogP contribution in [0.1, 0.15) is 43.7 Å². The highest BCUT2D eigenvalue weighted by Crippen LogP contribution is 2.54. The normalized spacial score (nSPS) is 22.6. The van der Waals surface area contributed by atoms with Gasteiger partial charge in [0.1, 0.15) is 0 Å². The molecule has 0 bridgehead atoms. The van der Waals surface area contributed by atoms with Gasteiger partial charge in [-0.3, -0.25) is 4.99 Å². The second-order valence-electron chi connectivity index (χ2n) is 6.18. The van der Waals surface area contributed by atoms with Gasteiger partial charge in [-0.2, -0.15) is 5.06 Å². The Morgan fingerprint density at radius 1 is 1.43 bits per heavy atom. The van der Waals surface area contributed by atoms with Crippen molar-refractivity contribution in [2.24, 2.45) is 10.9 Å². The van der Waals surface area contributed by atoms with E-state index in [0.717, 1.165) is 31.1 Å². The number of rotatable bonds is 6. The minimum Gasteiger partial charge on any atom is -0.302 e. The monoisotopic (exact) mass is 284 g/mol. The minimum absolute atomic E-state index is 0.715. The molecule has 1 aromatic rings. The summed E-state index contributed by atoms with van der Waals surface area (Å²) in [6.45, 7) is 9.88. The molecule has 0 radical (unpaired) electrons. The first kappa shape index (κ1) is 14.5. The van der Waals surface area contributed by atoms with Gasteiger partial charge in [0.05, 0.1) is 12.8 Å². The number of benzene rings is 1. The van der Waals surface area contributed by atoms with E-state index in [0.29, 0.717) is 5.92 Å². The lowest BCUT2D eigenvalue weighted by Gasteiger charge is -2.21. The summed E-state index contributed by atoms with van der Waals surface area (Å²) in [5, 5.41) is 1.95. The van der Waals surface area contributed by atoms with Crippen LogP contribution in [-0.2, 0) is 11.4 Å². The van der Waals surface area contributed by atoms with E-state index in [1.54, 1.807) is 7.11 Å². The third-order valence-electron chi connectivity index (χ3n) is 4.64. The van der Waals surface area contributed by atoms with E-state index in [9.17, 15) is 0 Å². The summed E-state index contributed by atoms with van der Waals surface area (Å²) >= 11 is 0. The Morgan fingerprint density at radius 2 is 2.24 bits per heavy atom. The van der Waals surface area contributed by atoms with Crippen LogP contribution in [0.25, 0.3) is 0 Å². The number of nitrogens with zero attached hydrogens (tertiary/aromatic N) is 2. The molecule has 2 aliphatic rings. The van der Waals surface area contributed by atoms with Crippen LogP contribution in [0.2, 0.25) is 0 Å². The van der Waals surface area contributed by atoms with Gasteiger partial charge in [-0.1, -0.05) is 31.2 Å². The average Bonchev–Trinajstić information content (AvgIpc) is 3.27. The molecule has 1 aliphatic carbocycles. The quantitative estimate of drug-likeness (QED) is 0.577. The molecule has 0 N–H and O–H groups in total. The SMILES string of the molecule is C=C(CC)CN(Cc1ccc2c(c1)N=C(C)C1CC21)OC. The molecule has 2 atom stereocenters. The predicted molar refractivity (Wildman–Crippen MR) is 86.9 cm³/mol. The standard InChI is InChI=1S/C18H24N2O/c1-5-12(2)10-20(21-4)11-14-6-7-15-17-9-16(17)13(3)19-18(15)8-14/h6-8,16-17H,2,5,9-11H2,1,3-4H3. The van der Waals surface area contributed by atoms with E-state index >= 15 is 0 Å². The third kappa shape index (κ3) is 2.94. The fourth-order valence-corrected chi connectivity index (χ4v) is 3.12. The lowest BCUT2D eigenvalue weighted by molar-refractivity contribution is -0.132. The van der Waals surface area contributed by atoms with E-state index in [-0.39, 0.29) is 0 Å². The molecule has 0 saturated heterocycles. The Bertz CT molecular complexity index is 591. The molecular formula is C18H24N2O. The van der Waals surface area contributed by atoms with Crippen molar-refractivity contribution in [3.8, 4) is 0 Å². The van der Waals surface area contributed by atoms with Gasteiger partial charge in [-0.05, 0) is 42.9 Å². The Labute approximate surface area is 127 Å². The molecule has 0 spiro atoms. The Morgan fingerprint density at radius 3 is 2.95 bits per heavy atom. The lowest BCUT2D eigenvalue weighted by atomic mass is 10.00. The number of aliphatic imine (C=N–C) groups is 1. The summed E-state index contributed by atoms with van der Waals surface area (Å²) in [7, 11) is 1.72. The molecule has 112 valence electrons. The summed E-state index contributed by atoms with van der Waals surface area (Å²) in [6.07, 6.45) is 2.26. The van der Waals surface area contributed by atoms with E-state index in [1.165, 1.54) is 28.8 Å². The molecule has 2 unspecified atom stereocenters. The van der Waals surface area contributed by atoms with Crippen LogP contribution in [0.4, 0.5) is 5.69 Å². The molecular weight excluding hydrogens is 260 g/mol. The van der Waals surface area contributed by atoms with Crippen LogP contribution in [0.3, 0.4) is 0 Å². The molecule has 1 aliphatic heterocycles. The summed E-state index contributed by atoms with van der Waals surface area (Å²) < 4.78 is 0.